The van der Waals surface area contributed by atoms with Crippen molar-refractivity contribution in [3.8, 4) is 22.6 Å². The molecule has 0 heterocycles. The Balaban J connectivity index is 2.05. The van der Waals surface area contributed by atoms with Crippen LogP contribution in [0.3, 0.4) is 0 Å². The second-order valence-electron chi connectivity index (χ2n) is 7.03. The second-order valence-corrected chi connectivity index (χ2v) is 7.03. The van der Waals surface area contributed by atoms with Crippen molar-refractivity contribution in [3.05, 3.63) is 47.5 Å². The molecule has 3 rings (SSSR count). The molecule has 0 aliphatic heterocycles. The smallest absolute Gasteiger partial charge is 0.405 e. The summed E-state index contributed by atoms with van der Waals surface area (Å²) in [5, 5.41) is 11.8. The highest BCUT2D eigenvalue weighted by Crippen LogP contribution is 2.46. The van der Waals surface area contributed by atoms with Crippen molar-refractivity contribution in [2.45, 2.75) is 26.3 Å². The fraction of sp³-hybridized carbons (Fsp3) is 0.350. The molecule has 5 nitrogen and oxygen atoms in total. The molecule has 0 radical (unpaired) electrons. The van der Waals surface area contributed by atoms with Gasteiger partial charge in [0.25, 0.3) is 0 Å². The molecule has 0 spiro atoms. The molecular weight excluding hydrogens is 318 g/mol. The third-order valence-electron chi connectivity index (χ3n) is 4.87. The Morgan fingerprint density at radius 1 is 1.16 bits per heavy atom. The first-order valence-corrected chi connectivity index (χ1v) is 8.20. The minimum atomic E-state index is -0.996. The first-order valence-electron chi connectivity index (χ1n) is 8.20. The van der Waals surface area contributed by atoms with E-state index in [2.05, 4.69) is 25.2 Å². The van der Waals surface area contributed by atoms with Crippen LogP contribution in [0, 0.1) is 5.41 Å². The summed E-state index contributed by atoms with van der Waals surface area (Å²) >= 11 is 0. The Morgan fingerprint density at radius 2 is 1.92 bits per heavy atom. The summed E-state index contributed by atoms with van der Waals surface area (Å²) in [6, 6.07) is 11.6. The highest BCUT2D eigenvalue weighted by atomic mass is 16.5. The molecule has 2 aromatic rings. The van der Waals surface area contributed by atoms with Crippen molar-refractivity contribution < 1.29 is 19.4 Å². The number of carbonyl (C=O) groups is 1. The Labute approximate surface area is 147 Å². The molecule has 0 fully saturated rings. The predicted molar refractivity (Wildman–Crippen MR) is 96.4 cm³/mol. The van der Waals surface area contributed by atoms with Crippen LogP contribution in [0.15, 0.2) is 36.4 Å². The zero-order valence-corrected chi connectivity index (χ0v) is 14.9. The van der Waals surface area contributed by atoms with Gasteiger partial charge in [0, 0.05) is 5.56 Å². The molecule has 1 atom stereocenters. The van der Waals surface area contributed by atoms with Gasteiger partial charge >= 0.3 is 6.09 Å². The molecule has 25 heavy (non-hydrogen) atoms. The lowest BCUT2D eigenvalue weighted by atomic mass is 9.85. The summed E-state index contributed by atoms with van der Waals surface area (Å²) in [6.07, 6.45) is -0.183. The number of hydrogen-bond donors (Lipinski definition) is 2. The van der Waals surface area contributed by atoms with Crippen LogP contribution >= 0.6 is 0 Å². The van der Waals surface area contributed by atoms with Crippen LogP contribution < -0.4 is 14.8 Å². The topological polar surface area (TPSA) is 67.8 Å². The number of nitrogens with one attached hydrogen (secondary N) is 1. The molecule has 0 saturated heterocycles. The van der Waals surface area contributed by atoms with Crippen molar-refractivity contribution >= 4 is 6.09 Å². The Morgan fingerprint density at radius 3 is 2.56 bits per heavy atom. The number of ether oxygens (including phenoxy) is 2. The Bertz CT molecular complexity index is 813. The van der Waals surface area contributed by atoms with Crippen LogP contribution in [0.5, 0.6) is 11.5 Å². The van der Waals surface area contributed by atoms with E-state index < -0.39 is 6.09 Å². The van der Waals surface area contributed by atoms with E-state index >= 15 is 0 Å². The van der Waals surface area contributed by atoms with E-state index in [9.17, 15) is 4.79 Å². The SMILES string of the molecule is COc1ccc(OC)c(-c2ccc3c(c2)CC(C)(C)C3NC(=O)O)c1. The van der Waals surface area contributed by atoms with Gasteiger partial charge in [-0.25, -0.2) is 4.79 Å². The second kappa shape index (κ2) is 6.31. The molecular formula is C20H23NO4. The third-order valence-corrected chi connectivity index (χ3v) is 4.87. The van der Waals surface area contributed by atoms with Crippen molar-refractivity contribution in [2.24, 2.45) is 5.41 Å². The van der Waals surface area contributed by atoms with Crippen molar-refractivity contribution in [1.82, 2.24) is 5.32 Å². The van der Waals surface area contributed by atoms with Gasteiger partial charge < -0.3 is 19.9 Å². The molecule has 1 amide bonds. The van der Waals surface area contributed by atoms with Gasteiger partial charge in [0.1, 0.15) is 11.5 Å². The lowest BCUT2D eigenvalue weighted by Gasteiger charge is -2.27. The molecule has 2 aromatic carbocycles. The maximum atomic E-state index is 11.2. The van der Waals surface area contributed by atoms with Crippen LogP contribution in [0.1, 0.15) is 31.0 Å². The van der Waals surface area contributed by atoms with Crippen LogP contribution in [0.25, 0.3) is 11.1 Å². The number of rotatable bonds is 4. The van der Waals surface area contributed by atoms with Gasteiger partial charge in [0.05, 0.1) is 20.3 Å². The largest absolute Gasteiger partial charge is 0.497 e. The minimum Gasteiger partial charge on any atom is -0.497 e. The molecule has 0 bridgehead atoms. The Kier molecular flexibility index (Phi) is 4.33. The molecule has 2 N–H and O–H groups in total. The summed E-state index contributed by atoms with van der Waals surface area (Å²) in [6.45, 7) is 4.17. The van der Waals surface area contributed by atoms with E-state index in [-0.39, 0.29) is 11.5 Å². The van der Waals surface area contributed by atoms with Crippen molar-refractivity contribution in [2.75, 3.05) is 14.2 Å². The summed E-state index contributed by atoms with van der Waals surface area (Å²) in [4.78, 5) is 11.2. The average Bonchev–Trinajstić information content (AvgIpc) is 2.83. The number of benzene rings is 2. The lowest BCUT2D eigenvalue weighted by Crippen LogP contribution is -2.34. The highest BCUT2D eigenvalue weighted by Gasteiger charge is 2.40. The van der Waals surface area contributed by atoms with E-state index in [1.54, 1.807) is 14.2 Å². The Hall–Kier alpha value is -2.69. The maximum absolute atomic E-state index is 11.2. The van der Waals surface area contributed by atoms with E-state index in [1.807, 2.05) is 30.3 Å². The van der Waals surface area contributed by atoms with Crippen LogP contribution in [-0.2, 0) is 6.42 Å². The summed E-state index contributed by atoms with van der Waals surface area (Å²) in [5.41, 5.74) is 4.01. The van der Waals surface area contributed by atoms with Gasteiger partial charge in [0.15, 0.2) is 0 Å². The maximum Gasteiger partial charge on any atom is 0.405 e. The summed E-state index contributed by atoms with van der Waals surface area (Å²) in [5.74, 6) is 1.54. The van der Waals surface area contributed by atoms with Crippen molar-refractivity contribution in [3.63, 3.8) is 0 Å². The molecule has 1 aliphatic carbocycles. The summed E-state index contributed by atoms with van der Waals surface area (Å²) in [7, 11) is 3.29. The van der Waals surface area contributed by atoms with Crippen LogP contribution in [-0.4, -0.2) is 25.4 Å². The highest BCUT2D eigenvalue weighted by molar-refractivity contribution is 5.74. The quantitative estimate of drug-likeness (QED) is 0.872. The number of hydrogen-bond acceptors (Lipinski definition) is 3. The average molecular weight is 341 g/mol. The van der Waals surface area contributed by atoms with Gasteiger partial charge in [-0.15, -0.1) is 0 Å². The molecule has 132 valence electrons. The van der Waals surface area contributed by atoms with Crippen molar-refractivity contribution in [1.29, 1.82) is 0 Å². The van der Waals surface area contributed by atoms with E-state index in [0.29, 0.717) is 0 Å². The summed E-state index contributed by atoms with van der Waals surface area (Å²) < 4.78 is 10.8. The van der Waals surface area contributed by atoms with Crippen LogP contribution in [0.4, 0.5) is 4.79 Å². The molecule has 1 unspecified atom stereocenters. The van der Waals surface area contributed by atoms with Gasteiger partial charge in [0.2, 0.25) is 0 Å². The van der Waals surface area contributed by atoms with E-state index in [4.69, 9.17) is 14.6 Å². The number of methoxy groups -OCH3 is 2. The third kappa shape index (κ3) is 3.14. The molecule has 1 aliphatic rings. The van der Waals surface area contributed by atoms with Gasteiger partial charge in [-0.3, -0.25) is 0 Å². The fourth-order valence-electron chi connectivity index (χ4n) is 3.66. The lowest BCUT2D eigenvalue weighted by molar-refractivity contribution is 0.175. The first kappa shape index (κ1) is 17.1. The monoisotopic (exact) mass is 341 g/mol. The fourth-order valence-corrected chi connectivity index (χ4v) is 3.66. The zero-order valence-electron chi connectivity index (χ0n) is 14.9. The first-order chi connectivity index (χ1) is 11.9. The van der Waals surface area contributed by atoms with Gasteiger partial charge in [-0.1, -0.05) is 32.0 Å². The molecule has 0 aromatic heterocycles. The molecule has 0 saturated carbocycles. The minimum absolute atomic E-state index is 0.169. The van der Waals surface area contributed by atoms with E-state index in [0.717, 1.165) is 40.2 Å². The van der Waals surface area contributed by atoms with Gasteiger partial charge in [-0.2, -0.15) is 0 Å². The normalized spacial score (nSPS) is 17.7. The van der Waals surface area contributed by atoms with Gasteiger partial charge in [-0.05, 0) is 46.7 Å². The van der Waals surface area contributed by atoms with E-state index in [1.165, 1.54) is 0 Å². The number of carboxylic acid groups (broad SMARTS) is 1. The standard InChI is InChI=1S/C20H23NO4/c1-20(2)11-13-9-12(5-7-15(13)18(20)21-19(22)23)16-10-14(24-3)6-8-17(16)25-4/h5-10,18,21H,11H2,1-4H3,(H,22,23). The number of amides is 1. The molecule has 5 heteroatoms. The van der Waals surface area contributed by atoms with Crippen LogP contribution in [0.2, 0.25) is 0 Å². The predicted octanol–water partition coefficient (Wildman–Crippen LogP) is 4.26. The zero-order chi connectivity index (χ0) is 18.2. The number of fused-ring (bicyclic) bond motifs is 1.